The van der Waals surface area contributed by atoms with Crippen LogP contribution in [0.4, 0.5) is 0 Å². The molecule has 0 saturated heterocycles. The lowest BCUT2D eigenvalue weighted by Crippen LogP contribution is -2.23. The predicted octanol–water partition coefficient (Wildman–Crippen LogP) is 4.20. The van der Waals surface area contributed by atoms with Gasteiger partial charge in [0, 0.05) is 6.54 Å². The Morgan fingerprint density at radius 1 is 0.939 bits per heavy atom. The molecule has 0 bridgehead atoms. The second kappa shape index (κ2) is 11.2. The van der Waals surface area contributed by atoms with Crippen LogP contribution in [0.15, 0.2) is 78.4 Å². The number of carbonyl (C=O) groups is 2. The molecule has 7 heteroatoms. The maximum Gasteiger partial charge on any atom is 0.335 e. The number of nitrogens with zero attached hydrogens (tertiary/aromatic N) is 1. The van der Waals surface area contributed by atoms with E-state index in [0.29, 0.717) is 17.9 Å². The van der Waals surface area contributed by atoms with Gasteiger partial charge < -0.3 is 19.9 Å². The Labute approximate surface area is 191 Å². The first kappa shape index (κ1) is 23.1. The number of benzene rings is 3. The molecular weight excluding hydrogens is 420 g/mol. The van der Waals surface area contributed by atoms with E-state index in [1.165, 1.54) is 18.2 Å². The van der Waals surface area contributed by atoms with Gasteiger partial charge in [0.05, 0.1) is 12.7 Å². The van der Waals surface area contributed by atoms with E-state index in [4.69, 9.17) is 14.6 Å². The van der Waals surface area contributed by atoms with Gasteiger partial charge in [0.25, 0.3) is 5.91 Å². The number of nitrogens with one attached hydrogen (secondary N) is 1. The number of rotatable bonds is 9. The summed E-state index contributed by atoms with van der Waals surface area (Å²) in [6.07, 6.45) is 1.51. The van der Waals surface area contributed by atoms with Crippen LogP contribution >= 0.6 is 0 Å². The summed E-state index contributed by atoms with van der Waals surface area (Å²) < 4.78 is 10.8. The maximum absolute atomic E-state index is 12.4. The number of methoxy groups -OCH3 is 1. The lowest BCUT2D eigenvalue weighted by Gasteiger charge is -2.08. The van der Waals surface area contributed by atoms with Gasteiger partial charge in [-0.25, -0.2) is 4.79 Å². The van der Waals surface area contributed by atoms with E-state index in [-0.39, 0.29) is 17.7 Å². The minimum Gasteiger partial charge on any atom is -0.497 e. The van der Waals surface area contributed by atoms with Crippen molar-refractivity contribution < 1.29 is 24.2 Å². The zero-order valence-corrected chi connectivity index (χ0v) is 17.9. The fraction of sp³-hybridized carbons (Fsp3) is 0.115. The van der Waals surface area contributed by atoms with Crippen LogP contribution in [0.3, 0.4) is 0 Å². The average molecular weight is 442 g/mol. The van der Waals surface area contributed by atoms with Crippen LogP contribution in [-0.4, -0.2) is 24.1 Å². The normalized spacial score (nSPS) is 10.7. The summed E-state index contributed by atoms with van der Waals surface area (Å²) in [6.45, 7) is 0.578. The Bertz CT molecular complexity index is 1180. The molecule has 7 nitrogen and oxygen atoms in total. The Morgan fingerprint density at radius 2 is 1.55 bits per heavy atom. The monoisotopic (exact) mass is 442 g/mol. The van der Waals surface area contributed by atoms with Gasteiger partial charge in [0.1, 0.15) is 29.7 Å². The number of ether oxygens (including phenoxy) is 2. The molecule has 3 rings (SSSR count). The minimum absolute atomic E-state index is 0.00398. The van der Waals surface area contributed by atoms with Gasteiger partial charge in [-0.1, -0.05) is 36.4 Å². The molecule has 0 unspecified atom stereocenters. The van der Waals surface area contributed by atoms with Gasteiger partial charge in [-0.3, -0.25) is 4.79 Å². The fourth-order valence-electron chi connectivity index (χ4n) is 2.91. The largest absolute Gasteiger partial charge is 0.497 e. The van der Waals surface area contributed by atoms with Crippen molar-refractivity contribution in [3.8, 4) is 17.6 Å². The Hall–Kier alpha value is -4.57. The molecule has 0 fully saturated rings. The second-order valence-electron chi connectivity index (χ2n) is 7.06. The Balaban J connectivity index is 1.56. The minimum atomic E-state index is -0.975. The smallest absolute Gasteiger partial charge is 0.335 e. The van der Waals surface area contributed by atoms with Crippen LogP contribution in [-0.2, 0) is 17.9 Å². The lowest BCUT2D eigenvalue weighted by molar-refractivity contribution is -0.117. The van der Waals surface area contributed by atoms with Crippen molar-refractivity contribution in [3.63, 3.8) is 0 Å². The fourth-order valence-corrected chi connectivity index (χ4v) is 2.91. The lowest BCUT2D eigenvalue weighted by atomic mass is 10.1. The maximum atomic E-state index is 12.4. The summed E-state index contributed by atoms with van der Waals surface area (Å²) in [5, 5.41) is 21.1. The van der Waals surface area contributed by atoms with E-state index in [1.807, 2.05) is 18.2 Å². The highest BCUT2D eigenvalue weighted by Gasteiger charge is 2.09. The molecule has 3 aromatic rings. The highest BCUT2D eigenvalue weighted by molar-refractivity contribution is 6.01. The molecule has 33 heavy (non-hydrogen) atoms. The quantitative estimate of drug-likeness (QED) is 0.380. The third kappa shape index (κ3) is 6.71. The number of hydrogen-bond acceptors (Lipinski definition) is 5. The molecule has 3 aromatic carbocycles. The number of carbonyl (C=O) groups excluding carboxylic acids is 1. The first-order valence-corrected chi connectivity index (χ1v) is 10.1. The summed E-state index contributed by atoms with van der Waals surface area (Å²) >= 11 is 0. The van der Waals surface area contributed by atoms with Crippen molar-refractivity contribution >= 4 is 18.0 Å². The molecule has 0 radical (unpaired) electrons. The van der Waals surface area contributed by atoms with Gasteiger partial charge in [-0.15, -0.1) is 0 Å². The van der Waals surface area contributed by atoms with Crippen LogP contribution in [0.5, 0.6) is 11.5 Å². The van der Waals surface area contributed by atoms with Gasteiger partial charge in [-0.2, -0.15) is 5.26 Å². The van der Waals surface area contributed by atoms with Crippen LogP contribution in [0.25, 0.3) is 6.08 Å². The van der Waals surface area contributed by atoms with Crippen LogP contribution in [0, 0.1) is 11.3 Å². The number of aromatic carboxylic acids is 1. The van der Waals surface area contributed by atoms with E-state index in [9.17, 15) is 14.9 Å². The van der Waals surface area contributed by atoms with Crippen molar-refractivity contribution in [2.24, 2.45) is 0 Å². The van der Waals surface area contributed by atoms with Crippen molar-refractivity contribution in [1.82, 2.24) is 5.32 Å². The van der Waals surface area contributed by atoms with E-state index in [1.54, 1.807) is 55.6 Å². The van der Waals surface area contributed by atoms with E-state index >= 15 is 0 Å². The molecule has 0 aliphatic rings. The number of carboxylic acid groups (broad SMARTS) is 1. The van der Waals surface area contributed by atoms with Gasteiger partial charge in [0.15, 0.2) is 0 Å². The summed E-state index contributed by atoms with van der Waals surface area (Å²) in [4.78, 5) is 23.3. The third-order valence-electron chi connectivity index (χ3n) is 4.77. The van der Waals surface area contributed by atoms with E-state index in [2.05, 4.69) is 5.32 Å². The molecule has 166 valence electrons. The molecule has 1 amide bonds. The number of amides is 1. The molecule has 0 heterocycles. The molecule has 0 atom stereocenters. The van der Waals surface area contributed by atoms with Crippen molar-refractivity contribution in [2.75, 3.05) is 7.11 Å². The molecule has 0 aromatic heterocycles. The first-order valence-electron chi connectivity index (χ1n) is 10.1. The van der Waals surface area contributed by atoms with Crippen LogP contribution in [0.2, 0.25) is 0 Å². The zero-order valence-electron chi connectivity index (χ0n) is 17.9. The Kier molecular flexibility index (Phi) is 7.81. The summed E-state index contributed by atoms with van der Waals surface area (Å²) in [7, 11) is 1.58. The van der Waals surface area contributed by atoms with Gasteiger partial charge in [0.2, 0.25) is 0 Å². The molecule has 0 aliphatic heterocycles. The topological polar surface area (TPSA) is 109 Å². The van der Waals surface area contributed by atoms with Crippen LogP contribution in [0.1, 0.15) is 27.0 Å². The molecular formula is C26H22N2O5. The number of carboxylic acids is 1. The first-order chi connectivity index (χ1) is 16.0. The zero-order chi connectivity index (χ0) is 23.6. The van der Waals surface area contributed by atoms with Crippen LogP contribution < -0.4 is 14.8 Å². The molecule has 0 spiro atoms. The average Bonchev–Trinajstić information content (AvgIpc) is 2.85. The van der Waals surface area contributed by atoms with Crippen molar-refractivity contribution in [1.29, 1.82) is 5.26 Å². The highest BCUT2D eigenvalue weighted by Crippen LogP contribution is 2.17. The van der Waals surface area contributed by atoms with Gasteiger partial charge >= 0.3 is 5.97 Å². The predicted molar refractivity (Wildman–Crippen MR) is 123 cm³/mol. The van der Waals surface area contributed by atoms with Crippen molar-refractivity contribution in [2.45, 2.75) is 13.2 Å². The number of nitriles is 1. The van der Waals surface area contributed by atoms with Gasteiger partial charge in [-0.05, 0) is 59.2 Å². The SMILES string of the molecule is COc1ccc(CNC(=O)/C(C#N)=C\c2ccc(OCc3ccc(C(=O)O)cc3)cc2)cc1. The number of hydrogen-bond donors (Lipinski definition) is 2. The Morgan fingerprint density at radius 3 is 2.12 bits per heavy atom. The molecule has 0 saturated carbocycles. The molecule has 0 aliphatic carbocycles. The third-order valence-corrected chi connectivity index (χ3v) is 4.77. The van der Waals surface area contributed by atoms with Crippen molar-refractivity contribution in [3.05, 3.63) is 101 Å². The summed E-state index contributed by atoms with van der Waals surface area (Å²) in [6, 6.07) is 22.6. The van der Waals surface area contributed by atoms with E-state index < -0.39 is 11.9 Å². The van der Waals surface area contributed by atoms with E-state index in [0.717, 1.165) is 16.9 Å². The second-order valence-corrected chi connectivity index (χ2v) is 7.06. The standard InChI is InChI=1S/C26H22N2O5/c1-32-23-10-6-19(7-11-23)16-28-25(29)22(15-27)14-18-4-12-24(13-5-18)33-17-20-2-8-21(9-3-20)26(30)31/h2-14H,16-17H2,1H3,(H,28,29)(H,30,31)/b22-14-. The molecule has 2 N–H and O–H groups in total. The summed E-state index contributed by atoms with van der Waals surface area (Å²) in [5.41, 5.74) is 2.63. The highest BCUT2D eigenvalue weighted by atomic mass is 16.5. The summed E-state index contributed by atoms with van der Waals surface area (Å²) in [5.74, 6) is -0.0983.